The van der Waals surface area contributed by atoms with Gasteiger partial charge in [0.1, 0.15) is 0 Å². The lowest BCUT2D eigenvalue weighted by molar-refractivity contribution is -0.637. The van der Waals surface area contributed by atoms with Crippen molar-refractivity contribution in [3.8, 4) is 0 Å². The first-order chi connectivity index (χ1) is 3.80. The average Bonchev–Trinajstić information content (AvgIpc) is 1.77. The highest BCUT2D eigenvalue weighted by atomic mass is 19.1. The van der Waals surface area contributed by atoms with Crippen LogP contribution in [0.15, 0.2) is 24.4 Å². The molecule has 3 heteroatoms. The van der Waals surface area contributed by atoms with Crippen molar-refractivity contribution in [3.05, 3.63) is 35.6 Å². The summed E-state index contributed by atoms with van der Waals surface area (Å²) < 4.78 is 12.1. The monoisotopic (exact) mass is 113 g/mol. The third kappa shape index (κ3) is 0.753. The highest BCUT2D eigenvalue weighted by Gasteiger charge is 1.95. The van der Waals surface area contributed by atoms with Crippen LogP contribution >= 0.6 is 0 Å². The molecule has 0 aliphatic carbocycles. The summed E-state index contributed by atoms with van der Waals surface area (Å²) in [6.45, 7) is 0. The van der Waals surface area contributed by atoms with Gasteiger partial charge in [-0.3, -0.25) is 0 Å². The molecule has 1 heterocycles. The smallest absolute Gasteiger partial charge is 0.370 e. The summed E-state index contributed by atoms with van der Waals surface area (Å²) in [5.41, 5.74) is 0. The van der Waals surface area contributed by atoms with Crippen LogP contribution in [0.3, 0.4) is 0 Å². The molecule has 8 heavy (non-hydrogen) atoms. The topological polar surface area (TPSA) is 26.9 Å². The first-order valence-corrected chi connectivity index (χ1v) is 2.14. The second-order valence-electron chi connectivity index (χ2n) is 1.35. The predicted octanol–water partition coefficient (Wildman–Crippen LogP) is 0.459. The van der Waals surface area contributed by atoms with E-state index < -0.39 is 5.95 Å². The molecule has 1 aromatic heterocycles. The van der Waals surface area contributed by atoms with Crippen molar-refractivity contribution >= 4 is 0 Å². The summed E-state index contributed by atoms with van der Waals surface area (Å²) in [5.74, 6) is -0.771. The summed E-state index contributed by atoms with van der Waals surface area (Å²) in [6, 6.07) is 4.03. The molecule has 0 aliphatic rings. The second-order valence-corrected chi connectivity index (χ2v) is 1.35. The summed E-state index contributed by atoms with van der Waals surface area (Å²) in [4.78, 5) is 0. The van der Waals surface area contributed by atoms with E-state index in [0.29, 0.717) is 0 Å². The Balaban J connectivity index is 3.13. The molecule has 0 spiro atoms. The summed E-state index contributed by atoms with van der Waals surface area (Å²) in [7, 11) is 0. The SMILES string of the molecule is [O-][n+]1ccccc1F. The summed E-state index contributed by atoms with van der Waals surface area (Å²) >= 11 is 0. The van der Waals surface area contributed by atoms with Gasteiger partial charge in [0.05, 0.1) is 0 Å². The van der Waals surface area contributed by atoms with Crippen molar-refractivity contribution in [2.24, 2.45) is 0 Å². The molecule has 0 saturated heterocycles. The van der Waals surface area contributed by atoms with Gasteiger partial charge in [-0.1, -0.05) is 0 Å². The Morgan fingerprint density at radius 2 is 2.25 bits per heavy atom. The van der Waals surface area contributed by atoms with E-state index in [1.807, 2.05) is 0 Å². The van der Waals surface area contributed by atoms with E-state index in [0.717, 1.165) is 12.3 Å². The normalized spacial score (nSPS) is 9.12. The molecule has 0 aliphatic heterocycles. The number of pyridine rings is 1. The maximum atomic E-state index is 12.0. The lowest BCUT2D eigenvalue weighted by Gasteiger charge is -1.91. The molecule has 42 valence electrons. The van der Waals surface area contributed by atoms with Gasteiger partial charge in [-0.2, -0.15) is 0 Å². The Kier molecular flexibility index (Phi) is 1.12. The molecule has 1 rings (SSSR count). The maximum absolute atomic E-state index is 12.0. The molecule has 0 amide bonds. The first kappa shape index (κ1) is 5.03. The molecule has 0 N–H and O–H groups in total. The minimum atomic E-state index is -0.771. The zero-order valence-corrected chi connectivity index (χ0v) is 4.04. The highest BCUT2D eigenvalue weighted by Crippen LogP contribution is 1.83. The van der Waals surface area contributed by atoms with E-state index in [1.165, 1.54) is 12.1 Å². The zero-order chi connectivity index (χ0) is 5.98. The number of hydrogen-bond acceptors (Lipinski definition) is 1. The molecule has 0 saturated carbocycles. The van der Waals surface area contributed by atoms with Gasteiger partial charge in [0.15, 0.2) is 6.20 Å². The lowest BCUT2D eigenvalue weighted by atomic mass is 10.5. The van der Waals surface area contributed by atoms with Gasteiger partial charge in [0, 0.05) is 12.1 Å². The fraction of sp³-hybridized carbons (Fsp3) is 0. The van der Waals surface area contributed by atoms with Crippen molar-refractivity contribution < 1.29 is 9.12 Å². The molecule has 0 fully saturated rings. The summed E-state index contributed by atoms with van der Waals surface area (Å²) in [5, 5.41) is 10.2. The van der Waals surface area contributed by atoms with Crippen LogP contribution in [0.25, 0.3) is 0 Å². The van der Waals surface area contributed by atoms with Crippen LogP contribution in [0.4, 0.5) is 4.39 Å². The number of aromatic nitrogens is 1. The number of halogens is 1. The largest absolute Gasteiger partial charge is 0.617 e. The molecule has 0 aromatic carbocycles. The van der Waals surface area contributed by atoms with Crippen LogP contribution in [0.5, 0.6) is 0 Å². The molecule has 0 radical (unpaired) electrons. The first-order valence-electron chi connectivity index (χ1n) is 2.14. The van der Waals surface area contributed by atoms with E-state index in [-0.39, 0.29) is 4.73 Å². The van der Waals surface area contributed by atoms with Crippen molar-refractivity contribution in [3.63, 3.8) is 0 Å². The molecule has 0 atom stereocenters. The Morgan fingerprint density at radius 1 is 1.50 bits per heavy atom. The molecular formula is C5H4FNO. The zero-order valence-electron chi connectivity index (χ0n) is 4.04. The quantitative estimate of drug-likeness (QED) is 0.273. The Labute approximate surface area is 45.8 Å². The Bertz CT molecular complexity index is 169. The second kappa shape index (κ2) is 1.78. The number of hydrogen-bond donors (Lipinski definition) is 0. The highest BCUT2D eigenvalue weighted by molar-refractivity contribution is 4.85. The minimum absolute atomic E-state index is 0.167. The van der Waals surface area contributed by atoms with Gasteiger partial charge < -0.3 is 5.21 Å². The van der Waals surface area contributed by atoms with Crippen LogP contribution < -0.4 is 4.73 Å². The number of rotatable bonds is 0. The van der Waals surface area contributed by atoms with E-state index >= 15 is 0 Å². The Hall–Kier alpha value is -1.12. The van der Waals surface area contributed by atoms with Gasteiger partial charge in [-0.15, -0.1) is 9.12 Å². The van der Waals surface area contributed by atoms with E-state index in [2.05, 4.69) is 0 Å². The van der Waals surface area contributed by atoms with Crippen molar-refractivity contribution in [2.45, 2.75) is 0 Å². The molecule has 0 unspecified atom stereocenters. The van der Waals surface area contributed by atoms with Crippen molar-refractivity contribution in [2.75, 3.05) is 0 Å². The van der Waals surface area contributed by atoms with Gasteiger partial charge >= 0.3 is 5.95 Å². The third-order valence-corrected chi connectivity index (χ3v) is 0.777. The van der Waals surface area contributed by atoms with Crippen molar-refractivity contribution in [1.82, 2.24) is 0 Å². The predicted molar refractivity (Wildman–Crippen MR) is 25.4 cm³/mol. The Morgan fingerprint density at radius 3 is 2.62 bits per heavy atom. The standard InChI is InChI=1S/C5H4FNO/c6-5-3-1-2-4-7(5)8/h1-4H. The van der Waals surface area contributed by atoms with Gasteiger partial charge in [-0.05, 0) is 6.07 Å². The lowest BCUT2D eigenvalue weighted by Crippen LogP contribution is -2.29. The fourth-order valence-corrected chi connectivity index (χ4v) is 0.407. The van der Waals surface area contributed by atoms with Crippen LogP contribution in [-0.4, -0.2) is 0 Å². The van der Waals surface area contributed by atoms with Gasteiger partial charge in [-0.25, -0.2) is 0 Å². The summed E-state index contributed by atoms with van der Waals surface area (Å²) in [6.07, 6.45) is 1.11. The third-order valence-electron chi connectivity index (χ3n) is 0.777. The average molecular weight is 113 g/mol. The van der Waals surface area contributed by atoms with E-state index in [4.69, 9.17) is 0 Å². The molecule has 2 nitrogen and oxygen atoms in total. The van der Waals surface area contributed by atoms with Gasteiger partial charge in [0.2, 0.25) is 0 Å². The molecule has 1 aromatic rings. The fourth-order valence-electron chi connectivity index (χ4n) is 0.407. The van der Waals surface area contributed by atoms with E-state index in [9.17, 15) is 9.60 Å². The number of nitrogens with zero attached hydrogens (tertiary/aromatic N) is 1. The van der Waals surface area contributed by atoms with Gasteiger partial charge in [0.25, 0.3) is 0 Å². The van der Waals surface area contributed by atoms with Crippen LogP contribution in [0.1, 0.15) is 0 Å². The minimum Gasteiger partial charge on any atom is -0.617 e. The maximum Gasteiger partial charge on any atom is 0.370 e. The van der Waals surface area contributed by atoms with Crippen LogP contribution in [0, 0.1) is 11.2 Å². The van der Waals surface area contributed by atoms with Crippen LogP contribution in [0.2, 0.25) is 0 Å². The molecular weight excluding hydrogens is 109 g/mol. The molecule has 0 bridgehead atoms. The van der Waals surface area contributed by atoms with E-state index in [1.54, 1.807) is 0 Å². The van der Waals surface area contributed by atoms with Crippen molar-refractivity contribution in [1.29, 1.82) is 0 Å². The van der Waals surface area contributed by atoms with Crippen LogP contribution in [-0.2, 0) is 0 Å².